The van der Waals surface area contributed by atoms with Gasteiger partial charge in [-0.3, -0.25) is 9.59 Å². The van der Waals surface area contributed by atoms with E-state index in [0.717, 1.165) is 6.42 Å². The van der Waals surface area contributed by atoms with Crippen LogP contribution in [0.25, 0.3) is 0 Å². The van der Waals surface area contributed by atoms with Crippen LogP contribution in [0.1, 0.15) is 19.8 Å². The zero-order chi connectivity index (χ0) is 7.30. The van der Waals surface area contributed by atoms with Gasteiger partial charge in [0.25, 0.3) is 0 Å². The molecule has 0 aliphatic heterocycles. The lowest BCUT2D eigenvalue weighted by Gasteiger charge is -2.13. The number of carbonyl (C=O) groups excluding carboxylic acids is 2. The number of rotatable bonds is 0. The highest BCUT2D eigenvalue weighted by Crippen LogP contribution is 2.43. The minimum atomic E-state index is 0.0336. The molecule has 10 heavy (non-hydrogen) atoms. The summed E-state index contributed by atoms with van der Waals surface area (Å²) in [6.07, 6.45) is 1.38. The molecule has 2 heteroatoms. The van der Waals surface area contributed by atoms with Gasteiger partial charge in [0.05, 0.1) is 0 Å². The Balaban J connectivity index is 2.32. The Morgan fingerprint density at radius 1 is 1.40 bits per heavy atom. The fourth-order valence-corrected chi connectivity index (χ4v) is 2.19. The first-order valence-corrected chi connectivity index (χ1v) is 3.76. The van der Waals surface area contributed by atoms with E-state index in [9.17, 15) is 9.59 Å². The highest BCUT2D eigenvalue weighted by molar-refractivity contribution is 6.01. The molecule has 2 aliphatic rings. The Labute approximate surface area is 59.6 Å². The number of Topliss-reactive ketones (excluding diaryl/α,β-unsaturated/α-hetero) is 2. The van der Waals surface area contributed by atoms with E-state index >= 15 is 0 Å². The van der Waals surface area contributed by atoms with Crippen molar-refractivity contribution in [2.75, 3.05) is 0 Å². The van der Waals surface area contributed by atoms with Crippen LogP contribution in [0.3, 0.4) is 0 Å². The van der Waals surface area contributed by atoms with Gasteiger partial charge in [0.15, 0.2) is 0 Å². The SMILES string of the molecule is CC1C(=O)C2CC(=O)C1C2. The maximum Gasteiger partial charge on any atom is 0.139 e. The van der Waals surface area contributed by atoms with E-state index in [0.29, 0.717) is 18.0 Å². The second-order valence-electron chi connectivity index (χ2n) is 3.40. The zero-order valence-electron chi connectivity index (χ0n) is 5.96. The third kappa shape index (κ3) is 0.542. The van der Waals surface area contributed by atoms with Crippen molar-refractivity contribution in [1.82, 2.24) is 0 Å². The van der Waals surface area contributed by atoms with Crippen molar-refractivity contribution in [3.63, 3.8) is 0 Å². The third-order valence-corrected chi connectivity index (χ3v) is 2.85. The molecule has 0 amide bonds. The maximum atomic E-state index is 11.2. The van der Waals surface area contributed by atoms with E-state index < -0.39 is 0 Å². The molecule has 2 nitrogen and oxygen atoms in total. The van der Waals surface area contributed by atoms with Crippen LogP contribution in [0.5, 0.6) is 0 Å². The number of fused-ring (bicyclic) bond motifs is 2. The highest BCUT2D eigenvalue weighted by atomic mass is 16.1. The van der Waals surface area contributed by atoms with Crippen molar-refractivity contribution in [3.8, 4) is 0 Å². The Morgan fingerprint density at radius 2 is 2.10 bits per heavy atom. The molecule has 2 fully saturated rings. The average molecular weight is 138 g/mol. The summed E-state index contributed by atoms with van der Waals surface area (Å²) < 4.78 is 0. The van der Waals surface area contributed by atoms with Gasteiger partial charge in [0.1, 0.15) is 11.6 Å². The maximum absolute atomic E-state index is 11.2. The van der Waals surface area contributed by atoms with E-state index in [1.165, 1.54) is 0 Å². The molecule has 0 spiro atoms. The lowest BCUT2D eigenvalue weighted by atomic mass is 9.88. The van der Waals surface area contributed by atoms with Gasteiger partial charge < -0.3 is 0 Å². The molecule has 0 radical (unpaired) electrons. The molecular formula is C8H10O2. The quantitative estimate of drug-likeness (QED) is 0.496. The molecule has 54 valence electrons. The molecule has 0 aromatic heterocycles. The first kappa shape index (κ1) is 6.08. The van der Waals surface area contributed by atoms with Gasteiger partial charge in [0, 0.05) is 24.2 Å². The summed E-state index contributed by atoms with van der Waals surface area (Å²) in [7, 11) is 0. The molecular weight excluding hydrogens is 128 g/mol. The Hall–Kier alpha value is -0.660. The molecule has 2 bridgehead atoms. The standard InChI is InChI=1S/C8H10O2/c1-4-6-2-5(8(4)10)3-7(6)9/h4-6H,2-3H2,1H3. The molecule has 3 atom stereocenters. The molecule has 2 rings (SSSR count). The van der Waals surface area contributed by atoms with E-state index in [1.807, 2.05) is 6.92 Å². The summed E-state index contributed by atoms with van der Waals surface area (Å²) in [6.45, 7) is 1.88. The number of hydrogen-bond acceptors (Lipinski definition) is 2. The van der Waals surface area contributed by atoms with E-state index in [-0.39, 0.29) is 17.8 Å². The number of ketones is 2. The van der Waals surface area contributed by atoms with Gasteiger partial charge >= 0.3 is 0 Å². The van der Waals surface area contributed by atoms with Crippen molar-refractivity contribution >= 4 is 11.6 Å². The molecule has 2 saturated carbocycles. The molecule has 0 aromatic carbocycles. The number of hydrogen-bond donors (Lipinski definition) is 0. The molecule has 3 unspecified atom stereocenters. The van der Waals surface area contributed by atoms with E-state index in [2.05, 4.69) is 0 Å². The molecule has 0 N–H and O–H groups in total. The van der Waals surface area contributed by atoms with E-state index in [1.54, 1.807) is 0 Å². The predicted octanol–water partition coefficient (Wildman–Crippen LogP) is 0.800. The van der Waals surface area contributed by atoms with Crippen molar-refractivity contribution in [2.24, 2.45) is 17.8 Å². The van der Waals surface area contributed by atoms with Crippen molar-refractivity contribution < 1.29 is 9.59 Å². The second-order valence-corrected chi connectivity index (χ2v) is 3.40. The lowest BCUT2D eigenvalue weighted by molar-refractivity contribution is -0.133. The highest BCUT2D eigenvalue weighted by Gasteiger charge is 2.49. The minimum absolute atomic E-state index is 0.0336. The summed E-state index contributed by atoms with van der Waals surface area (Å²) >= 11 is 0. The van der Waals surface area contributed by atoms with Gasteiger partial charge in [-0.1, -0.05) is 6.92 Å². The minimum Gasteiger partial charge on any atom is -0.299 e. The third-order valence-electron chi connectivity index (χ3n) is 2.85. The lowest BCUT2D eigenvalue weighted by Crippen LogP contribution is -2.25. The molecule has 0 aromatic rings. The van der Waals surface area contributed by atoms with Gasteiger partial charge in [-0.25, -0.2) is 0 Å². The van der Waals surface area contributed by atoms with Crippen LogP contribution < -0.4 is 0 Å². The second kappa shape index (κ2) is 1.68. The summed E-state index contributed by atoms with van der Waals surface area (Å²) in [4.78, 5) is 22.2. The fraction of sp³-hybridized carbons (Fsp3) is 0.750. The summed E-state index contributed by atoms with van der Waals surface area (Å²) in [6, 6.07) is 0. The Kier molecular flexibility index (Phi) is 1.02. The number of carbonyl (C=O) groups is 2. The van der Waals surface area contributed by atoms with E-state index in [4.69, 9.17) is 0 Å². The summed E-state index contributed by atoms with van der Waals surface area (Å²) in [5.41, 5.74) is 0. The van der Waals surface area contributed by atoms with Crippen LogP contribution in [0.4, 0.5) is 0 Å². The monoisotopic (exact) mass is 138 g/mol. The molecule has 0 saturated heterocycles. The molecule has 2 aliphatic carbocycles. The van der Waals surface area contributed by atoms with Crippen LogP contribution in [-0.4, -0.2) is 11.6 Å². The average Bonchev–Trinajstić information content (AvgIpc) is 2.36. The van der Waals surface area contributed by atoms with Crippen LogP contribution in [0.15, 0.2) is 0 Å². The topological polar surface area (TPSA) is 34.1 Å². The van der Waals surface area contributed by atoms with Crippen LogP contribution in [0, 0.1) is 17.8 Å². The van der Waals surface area contributed by atoms with Crippen molar-refractivity contribution in [2.45, 2.75) is 19.8 Å². The van der Waals surface area contributed by atoms with Gasteiger partial charge in [-0.05, 0) is 6.42 Å². The fourth-order valence-electron chi connectivity index (χ4n) is 2.19. The normalized spacial score (nSPS) is 45.1. The summed E-state index contributed by atoms with van der Waals surface area (Å²) in [5.74, 6) is 0.873. The zero-order valence-corrected chi connectivity index (χ0v) is 5.96. The van der Waals surface area contributed by atoms with Gasteiger partial charge in [0.2, 0.25) is 0 Å². The van der Waals surface area contributed by atoms with Crippen LogP contribution in [0.2, 0.25) is 0 Å². The largest absolute Gasteiger partial charge is 0.299 e. The summed E-state index contributed by atoms with van der Waals surface area (Å²) in [5, 5.41) is 0. The first-order chi connectivity index (χ1) is 4.70. The molecule has 0 heterocycles. The van der Waals surface area contributed by atoms with Gasteiger partial charge in [-0.2, -0.15) is 0 Å². The Bertz CT molecular complexity index is 203. The smallest absolute Gasteiger partial charge is 0.139 e. The van der Waals surface area contributed by atoms with Crippen molar-refractivity contribution in [1.29, 1.82) is 0 Å². The van der Waals surface area contributed by atoms with Crippen LogP contribution >= 0.6 is 0 Å². The predicted molar refractivity (Wildman–Crippen MR) is 35.4 cm³/mol. The first-order valence-electron chi connectivity index (χ1n) is 3.76. The Morgan fingerprint density at radius 3 is 2.50 bits per heavy atom. The van der Waals surface area contributed by atoms with Crippen molar-refractivity contribution in [3.05, 3.63) is 0 Å². The van der Waals surface area contributed by atoms with Gasteiger partial charge in [-0.15, -0.1) is 0 Å². The van der Waals surface area contributed by atoms with Crippen LogP contribution in [-0.2, 0) is 9.59 Å².